The van der Waals surface area contributed by atoms with Crippen molar-refractivity contribution in [2.45, 2.75) is 33.0 Å². The molecule has 0 bridgehead atoms. The molecule has 172 valence electrons. The zero-order chi connectivity index (χ0) is 23.8. The lowest BCUT2D eigenvalue weighted by atomic mass is 10.0. The third-order valence-electron chi connectivity index (χ3n) is 5.09. The Hall–Kier alpha value is -3.74. The van der Waals surface area contributed by atoms with Crippen LogP contribution in [0.2, 0.25) is 0 Å². The minimum Gasteiger partial charge on any atom is -0.489 e. The lowest BCUT2D eigenvalue weighted by Gasteiger charge is -2.22. The van der Waals surface area contributed by atoms with E-state index < -0.39 is 35.1 Å². The highest BCUT2D eigenvalue weighted by Gasteiger charge is 2.27. The van der Waals surface area contributed by atoms with Gasteiger partial charge in [-0.15, -0.1) is 0 Å². The second-order valence-corrected chi connectivity index (χ2v) is 7.89. The maximum Gasteiger partial charge on any atom is 0.257 e. The molecule has 0 aliphatic carbocycles. The third kappa shape index (κ3) is 6.38. The second-order valence-electron chi connectivity index (χ2n) is 7.89. The topological polar surface area (TPSA) is 67.4 Å². The summed E-state index contributed by atoms with van der Waals surface area (Å²) in [6, 6.07) is 19.2. The van der Waals surface area contributed by atoms with Gasteiger partial charge in [0.2, 0.25) is 5.91 Å². The molecule has 2 N–H and O–H groups in total. The van der Waals surface area contributed by atoms with Crippen molar-refractivity contribution < 1.29 is 23.1 Å². The molecule has 0 spiro atoms. The van der Waals surface area contributed by atoms with Gasteiger partial charge in [-0.05, 0) is 29.7 Å². The van der Waals surface area contributed by atoms with Gasteiger partial charge in [0.1, 0.15) is 35.6 Å². The van der Waals surface area contributed by atoms with Crippen LogP contribution in [-0.2, 0) is 17.9 Å². The van der Waals surface area contributed by atoms with Crippen LogP contribution in [0.3, 0.4) is 0 Å². The van der Waals surface area contributed by atoms with E-state index in [0.29, 0.717) is 12.4 Å². The molecule has 0 radical (unpaired) electrons. The second kappa shape index (κ2) is 11.2. The molecule has 0 saturated heterocycles. The van der Waals surface area contributed by atoms with Crippen LogP contribution in [0, 0.1) is 17.6 Å². The fourth-order valence-electron chi connectivity index (χ4n) is 3.28. The van der Waals surface area contributed by atoms with Crippen LogP contribution in [0.25, 0.3) is 0 Å². The summed E-state index contributed by atoms with van der Waals surface area (Å²) in [5, 5.41) is 5.23. The van der Waals surface area contributed by atoms with Crippen molar-refractivity contribution in [2.24, 2.45) is 5.92 Å². The Morgan fingerprint density at radius 2 is 1.52 bits per heavy atom. The molecule has 1 atom stereocenters. The van der Waals surface area contributed by atoms with E-state index in [1.807, 2.05) is 54.6 Å². The molecule has 2 amide bonds. The molecule has 5 nitrogen and oxygen atoms in total. The molecule has 0 unspecified atom stereocenters. The van der Waals surface area contributed by atoms with Gasteiger partial charge in [-0.25, -0.2) is 8.78 Å². The smallest absolute Gasteiger partial charge is 0.257 e. The van der Waals surface area contributed by atoms with Crippen LogP contribution in [0.15, 0.2) is 72.8 Å². The van der Waals surface area contributed by atoms with E-state index in [9.17, 15) is 18.4 Å². The number of nitrogens with one attached hydrogen (secondary N) is 2. The molecule has 3 aromatic rings. The summed E-state index contributed by atoms with van der Waals surface area (Å²) >= 11 is 0. The van der Waals surface area contributed by atoms with E-state index in [2.05, 4.69) is 10.6 Å². The number of para-hydroxylation sites is 1. The summed E-state index contributed by atoms with van der Waals surface area (Å²) in [6.07, 6.45) is 0. The maximum absolute atomic E-state index is 13.9. The Morgan fingerprint density at radius 1 is 0.879 bits per heavy atom. The van der Waals surface area contributed by atoms with Crippen LogP contribution in [0.5, 0.6) is 5.75 Å². The summed E-state index contributed by atoms with van der Waals surface area (Å²) in [5.74, 6) is -3.10. The number of halogens is 2. The Balaban J connectivity index is 1.65. The lowest BCUT2D eigenvalue weighted by Crippen LogP contribution is -2.49. The summed E-state index contributed by atoms with van der Waals surface area (Å²) in [6.45, 7) is 4.01. The summed E-state index contributed by atoms with van der Waals surface area (Å²) in [5.41, 5.74) is 1.06. The first-order valence-corrected chi connectivity index (χ1v) is 10.6. The van der Waals surface area contributed by atoms with Gasteiger partial charge in [0.15, 0.2) is 0 Å². The van der Waals surface area contributed by atoms with Crippen molar-refractivity contribution in [3.8, 4) is 5.75 Å². The molecular weight excluding hydrogens is 426 g/mol. The molecule has 0 aliphatic heterocycles. The average Bonchev–Trinajstić information content (AvgIpc) is 2.80. The number of hydrogen-bond donors (Lipinski definition) is 2. The first-order chi connectivity index (χ1) is 15.9. The van der Waals surface area contributed by atoms with Gasteiger partial charge >= 0.3 is 0 Å². The van der Waals surface area contributed by atoms with Gasteiger partial charge in [-0.2, -0.15) is 0 Å². The van der Waals surface area contributed by atoms with Crippen molar-refractivity contribution in [1.29, 1.82) is 0 Å². The van der Waals surface area contributed by atoms with Crippen molar-refractivity contribution >= 4 is 11.8 Å². The van der Waals surface area contributed by atoms with Crippen LogP contribution in [0.1, 0.15) is 35.3 Å². The van der Waals surface area contributed by atoms with Crippen LogP contribution < -0.4 is 15.4 Å². The minimum atomic E-state index is -0.986. The van der Waals surface area contributed by atoms with Crippen LogP contribution in [0.4, 0.5) is 8.78 Å². The molecule has 0 aromatic heterocycles. The van der Waals surface area contributed by atoms with Gasteiger partial charge in [-0.1, -0.05) is 68.4 Å². The fourth-order valence-corrected chi connectivity index (χ4v) is 3.28. The Morgan fingerprint density at radius 3 is 2.18 bits per heavy atom. The Kier molecular flexibility index (Phi) is 8.13. The molecule has 3 aromatic carbocycles. The average molecular weight is 453 g/mol. The zero-order valence-electron chi connectivity index (χ0n) is 18.5. The van der Waals surface area contributed by atoms with E-state index in [1.165, 1.54) is 6.07 Å². The number of carbonyl (C=O) groups excluding carboxylic acids is 2. The number of carbonyl (C=O) groups is 2. The van der Waals surface area contributed by atoms with Crippen molar-refractivity contribution in [3.05, 3.63) is 101 Å². The quantitative estimate of drug-likeness (QED) is 0.498. The van der Waals surface area contributed by atoms with Gasteiger partial charge in [0.05, 0.1) is 0 Å². The van der Waals surface area contributed by atoms with Crippen LogP contribution in [-0.4, -0.2) is 17.9 Å². The fraction of sp³-hybridized carbons (Fsp3) is 0.231. The zero-order valence-corrected chi connectivity index (χ0v) is 18.5. The third-order valence-corrected chi connectivity index (χ3v) is 5.09. The summed E-state index contributed by atoms with van der Waals surface area (Å²) in [7, 11) is 0. The van der Waals surface area contributed by atoms with Crippen molar-refractivity contribution in [1.82, 2.24) is 10.6 Å². The molecule has 7 heteroatoms. The summed E-state index contributed by atoms with van der Waals surface area (Å²) in [4.78, 5) is 25.3. The van der Waals surface area contributed by atoms with Gasteiger partial charge in [0.25, 0.3) is 5.91 Å². The first kappa shape index (κ1) is 23.9. The largest absolute Gasteiger partial charge is 0.489 e. The monoisotopic (exact) mass is 452 g/mol. The van der Waals surface area contributed by atoms with Crippen molar-refractivity contribution in [3.63, 3.8) is 0 Å². The molecule has 0 saturated carbocycles. The normalized spacial score (nSPS) is 11.7. The molecule has 0 aliphatic rings. The SMILES string of the molecule is CC(C)[C@H](NC(=O)c1c(F)cccc1F)C(=O)NCc1ccccc1OCc1ccccc1. The molecule has 0 fully saturated rings. The van der Waals surface area contributed by atoms with E-state index in [0.717, 1.165) is 23.3 Å². The molecular formula is C26H26F2N2O3. The molecule has 0 heterocycles. The number of amides is 2. The number of benzene rings is 3. The standard InChI is InChI=1S/C26H26F2N2O3/c1-17(2)24(30-25(31)23-20(27)12-8-13-21(23)28)26(32)29-15-19-11-6-7-14-22(19)33-16-18-9-4-3-5-10-18/h3-14,17,24H,15-16H2,1-2H3,(H,29,32)(H,30,31)/t24-/m0/s1. The molecule has 3 rings (SSSR count). The Labute approximate surface area is 191 Å². The maximum atomic E-state index is 13.9. The lowest BCUT2D eigenvalue weighted by molar-refractivity contribution is -0.124. The molecule has 33 heavy (non-hydrogen) atoms. The number of ether oxygens (including phenoxy) is 1. The predicted molar refractivity (Wildman–Crippen MR) is 122 cm³/mol. The van der Waals surface area contributed by atoms with Gasteiger partial charge in [-0.3, -0.25) is 9.59 Å². The van der Waals surface area contributed by atoms with Crippen LogP contribution >= 0.6 is 0 Å². The number of rotatable bonds is 9. The minimum absolute atomic E-state index is 0.164. The van der Waals surface area contributed by atoms with E-state index >= 15 is 0 Å². The summed E-state index contributed by atoms with van der Waals surface area (Å²) < 4.78 is 33.8. The number of hydrogen-bond acceptors (Lipinski definition) is 3. The predicted octanol–water partition coefficient (Wildman–Crippen LogP) is 4.61. The first-order valence-electron chi connectivity index (χ1n) is 10.6. The van der Waals surface area contributed by atoms with Gasteiger partial charge < -0.3 is 15.4 Å². The van der Waals surface area contributed by atoms with Gasteiger partial charge in [0, 0.05) is 12.1 Å². The Bertz CT molecular complexity index is 1080. The van der Waals surface area contributed by atoms with E-state index in [1.54, 1.807) is 13.8 Å². The highest BCUT2D eigenvalue weighted by atomic mass is 19.1. The highest BCUT2D eigenvalue weighted by Crippen LogP contribution is 2.20. The highest BCUT2D eigenvalue weighted by molar-refractivity contribution is 5.98. The van der Waals surface area contributed by atoms with Crippen molar-refractivity contribution in [2.75, 3.05) is 0 Å². The van der Waals surface area contributed by atoms with E-state index in [-0.39, 0.29) is 12.5 Å². The van der Waals surface area contributed by atoms with E-state index in [4.69, 9.17) is 4.74 Å².